The average molecular weight is 282 g/mol. The molecule has 0 saturated carbocycles. The van der Waals surface area contributed by atoms with E-state index in [1.54, 1.807) is 0 Å². The van der Waals surface area contributed by atoms with Gasteiger partial charge in [0.15, 0.2) is 0 Å². The minimum Gasteiger partial charge on any atom is -0.394 e. The molecule has 0 spiro atoms. The molecule has 0 aromatic heterocycles. The third kappa shape index (κ3) is 3.54. The highest BCUT2D eigenvalue weighted by Crippen LogP contribution is 2.24. The van der Waals surface area contributed by atoms with Crippen LogP contribution in [0.3, 0.4) is 0 Å². The van der Waals surface area contributed by atoms with Crippen molar-refractivity contribution < 1.29 is 19.4 Å². The van der Waals surface area contributed by atoms with Crippen molar-refractivity contribution in [2.24, 2.45) is 0 Å². The van der Waals surface area contributed by atoms with E-state index >= 15 is 0 Å². The minimum atomic E-state index is -0.822. The maximum Gasteiger partial charge on any atom is 0.253 e. The normalized spacial score (nSPS) is 10.7. The molecule has 0 saturated heterocycles. The standard InChI is InChI=1S/C10H10Cl2FNO3/c11-7-2-8(12)9(13)1-6(7)10(17)14-5(3-15)4-16/h1-2,5,15-16H,3-4H2,(H,14,17). The van der Waals surface area contributed by atoms with Crippen LogP contribution in [0, 0.1) is 5.82 Å². The maximum absolute atomic E-state index is 13.2. The molecular weight excluding hydrogens is 272 g/mol. The van der Waals surface area contributed by atoms with E-state index in [0.29, 0.717) is 0 Å². The predicted octanol–water partition coefficient (Wildman–Crippen LogP) is 1.22. The Morgan fingerprint density at radius 3 is 2.41 bits per heavy atom. The van der Waals surface area contributed by atoms with Gasteiger partial charge in [0.25, 0.3) is 5.91 Å². The maximum atomic E-state index is 13.2. The van der Waals surface area contributed by atoms with Gasteiger partial charge in [0.1, 0.15) is 5.82 Å². The van der Waals surface area contributed by atoms with Crippen LogP contribution in [0.15, 0.2) is 12.1 Å². The third-order valence-corrected chi connectivity index (χ3v) is 2.63. The molecule has 0 fully saturated rings. The minimum absolute atomic E-state index is 0.0106. The Labute approximate surface area is 107 Å². The van der Waals surface area contributed by atoms with Gasteiger partial charge in [0.05, 0.1) is 34.9 Å². The number of aliphatic hydroxyl groups is 2. The number of aliphatic hydroxyl groups excluding tert-OH is 2. The zero-order valence-corrected chi connectivity index (χ0v) is 10.1. The second-order valence-electron chi connectivity index (χ2n) is 3.28. The molecule has 94 valence electrons. The highest BCUT2D eigenvalue weighted by atomic mass is 35.5. The Morgan fingerprint density at radius 2 is 1.88 bits per heavy atom. The molecule has 0 heterocycles. The van der Waals surface area contributed by atoms with Crippen LogP contribution in [0.25, 0.3) is 0 Å². The molecule has 0 bridgehead atoms. The van der Waals surface area contributed by atoms with Gasteiger partial charge in [-0.05, 0) is 12.1 Å². The van der Waals surface area contributed by atoms with Crippen LogP contribution in [-0.4, -0.2) is 35.4 Å². The number of nitrogens with one attached hydrogen (secondary N) is 1. The Kier molecular flexibility index (Phi) is 5.14. The summed E-state index contributed by atoms with van der Waals surface area (Å²) in [5, 5.41) is 19.7. The molecule has 0 aliphatic carbocycles. The molecule has 1 aromatic carbocycles. The van der Waals surface area contributed by atoms with Crippen molar-refractivity contribution >= 4 is 29.1 Å². The van der Waals surface area contributed by atoms with Crippen LogP contribution in [0.4, 0.5) is 4.39 Å². The van der Waals surface area contributed by atoms with E-state index in [0.717, 1.165) is 12.1 Å². The number of amides is 1. The summed E-state index contributed by atoms with van der Waals surface area (Å²) in [5.41, 5.74) is -0.111. The monoisotopic (exact) mass is 281 g/mol. The summed E-state index contributed by atoms with van der Waals surface area (Å²) < 4.78 is 13.2. The number of carbonyl (C=O) groups excluding carboxylic acids is 1. The van der Waals surface area contributed by atoms with E-state index < -0.39 is 31.0 Å². The Bertz CT molecular complexity index is 424. The van der Waals surface area contributed by atoms with Crippen molar-refractivity contribution in [3.63, 3.8) is 0 Å². The Hall–Kier alpha value is -0.880. The summed E-state index contributed by atoms with van der Waals surface area (Å²) in [6.45, 7) is -0.869. The fourth-order valence-electron chi connectivity index (χ4n) is 1.11. The number of rotatable bonds is 4. The van der Waals surface area contributed by atoms with Gasteiger partial charge < -0.3 is 15.5 Å². The van der Waals surface area contributed by atoms with Crippen molar-refractivity contribution in [1.82, 2.24) is 5.32 Å². The van der Waals surface area contributed by atoms with E-state index in [9.17, 15) is 9.18 Å². The Morgan fingerprint density at radius 1 is 1.29 bits per heavy atom. The quantitative estimate of drug-likeness (QED) is 0.727. The number of hydrogen-bond donors (Lipinski definition) is 3. The highest BCUT2D eigenvalue weighted by molar-refractivity contribution is 6.36. The summed E-state index contributed by atoms with van der Waals surface area (Å²) in [4.78, 5) is 11.6. The van der Waals surface area contributed by atoms with Crippen molar-refractivity contribution in [2.45, 2.75) is 6.04 Å². The fourth-order valence-corrected chi connectivity index (χ4v) is 1.58. The van der Waals surface area contributed by atoms with Crippen LogP contribution < -0.4 is 5.32 Å². The first-order chi connectivity index (χ1) is 7.99. The summed E-state index contributed by atoms with van der Waals surface area (Å²) >= 11 is 11.2. The summed E-state index contributed by atoms with van der Waals surface area (Å²) in [6.07, 6.45) is 0. The molecule has 3 N–H and O–H groups in total. The molecular formula is C10H10Cl2FNO3. The molecule has 0 radical (unpaired) electrons. The van der Waals surface area contributed by atoms with Gasteiger partial charge in [-0.15, -0.1) is 0 Å². The van der Waals surface area contributed by atoms with Crippen molar-refractivity contribution in [3.05, 3.63) is 33.6 Å². The average Bonchev–Trinajstić information content (AvgIpc) is 2.30. The lowest BCUT2D eigenvalue weighted by atomic mass is 10.2. The summed E-state index contributed by atoms with van der Waals surface area (Å²) in [6, 6.07) is 1.18. The van der Waals surface area contributed by atoms with E-state index in [4.69, 9.17) is 33.4 Å². The zero-order valence-electron chi connectivity index (χ0n) is 8.58. The van der Waals surface area contributed by atoms with E-state index in [1.807, 2.05) is 0 Å². The largest absolute Gasteiger partial charge is 0.394 e. The molecule has 0 atom stereocenters. The molecule has 0 aliphatic heterocycles. The molecule has 0 aliphatic rings. The number of benzene rings is 1. The molecule has 1 rings (SSSR count). The summed E-state index contributed by atoms with van der Waals surface area (Å²) in [7, 11) is 0. The van der Waals surface area contributed by atoms with Gasteiger partial charge in [0, 0.05) is 0 Å². The topological polar surface area (TPSA) is 69.6 Å². The van der Waals surface area contributed by atoms with Gasteiger partial charge >= 0.3 is 0 Å². The van der Waals surface area contributed by atoms with Gasteiger partial charge in [0.2, 0.25) is 0 Å². The molecule has 0 unspecified atom stereocenters. The Balaban J connectivity index is 2.93. The first kappa shape index (κ1) is 14.2. The van der Waals surface area contributed by atoms with Crippen molar-refractivity contribution in [1.29, 1.82) is 0 Å². The lowest BCUT2D eigenvalue weighted by Gasteiger charge is -2.14. The van der Waals surface area contributed by atoms with Gasteiger partial charge in [-0.25, -0.2) is 4.39 Å². The molecule has 7 heteroatoms. The molecule has 1 amide bonds. The van der Waals surface area contributed by atoms with Crippen molar-refractivity contribution in [3.8, 4) is 0 Å². The lowest BCUT2D eigenvalue weighted by molar-refractivity contribution is 0.0879. The van der Waals surface area contributed by atoms with Gasteiger partial charge in [-0.2, -0.15) is 0 Å². The first-order valence-corrected chi connectivity index (χ1v) is 5.42. The molecule has 1 aromatic rings. The molecule has 17 heavy (non-hydrogen) atoms. The fraction of sp³-hybridized carbons (Fsp3) is 0.300. The van der Waals surface area contributed by atoms with Crippen LogP contribution in [0.5, 0.6) is 0 Å². The second kappa shape index (κ2) is 6.16. The van der Waals surface area contributed by atoms with E-state index in [2.05, 4.69) is 5.32 Å². The second-order valence-corrected chi connectivity index (χ2v) is 4.10. The smallest absolute Gasteiger partial charge is 0.253 e. The lowest BCUT2D eigenvalue weighted by Crippen LogP contribution is -2.40. The van der Waals surface area contributed by atoms with Crippen molar-refractivity contribution in [2.75, 3.05) is 13.2 Å². The summed E-state index contributed by atoms with van der Waals surface area (Å²) in [5.74, 6) is -1.47. The van der Waals surface area contributed by atoms with Crippen LogP contribution in [-0.2, 0) is 0 Å². The first-order valence-electron chi connectivity index (χ1n) is 4.66. The van der Waals surface area contributed by atoms with E-state index in [-0.39, 0.29) is 15.6 Å². The van der Waals surface area contributed by atoms with Gasteiger partial charge in [-0.1, -0.05) is 23.2 Å². The SMILES string of the molecule is O=C(NC(CO)CO)c1cc(F)c(Cl)cc1Cl. The zero-order chi connectivity index (χ0) is 13.0. The number of halogens is 3. The van der Waals surface area contributed by atoms with Crippen LogP contribution >= 0.6 is 23.2 Å². The molecule has 4 nitrogen and oxygen atoms in total. The predicted molar refractivity (Wildman–Crippen MR) is 61.8 cm³/mol. The van der Waals surface area contributed by atoms with Crippen LogP contribution in [0.2, 0.25) is 10.0 Å². The number of hydrogen-bond acceptors (Lipinski definition) is 3. The highest BCUT2D eigenvalue weighted by Gasteiger charge is 2.17. The van der Waals surface area contributed by atoms with Crippen LogP contribution in [0.1, 0.15) is 10.4 Å². The number of carbonyl (C=O) groups is 1. The van der Waals surface area contributed by atoms with Gasteiger partial charge in [-0.3, -0.25) is 4.79 Å². The third-order valence-electron chi connectivity index (χ3n) is 2.03. The van der Waals surface area contributed by atoms with E-state index in [1.165, 1.54) is 0 Å².